The molecule has 5 heteroatoms. The lowest BCUT2D eigenvalue weighted by molar-refractivity contribution is -0.148. The van der Waals surface area contributed by atoms with E-state index in [9.17, 15) is 14.7 Å². The normalized spacial score (nSPS) is 20.9. The van der Waals surface area contributed by atoms with Crippen LogP contribution in [0.15, 0.2) is 0 Å². The monoisotopic (exact) mass is 284 g/mol. The van der Waals surface area contributed by atoms with E-state index >= 15 is 0 Å². The Hall–Kier alpha value is -1.10. The van der Waals surface area contributed by atoms with Gasteiger partial charge in [0.15, 0.2) is 0 Å². The number of carbonyl (C=O) groups excluding carboxylic acids is 1. The second-order valence-electron chi connectivity index (χ2n) is 6.26. The summed E-state index contributed by atoms with van der Waals surface area (Å²) in [6, 6.07) is 0. The first kappa shape index (κ1) is 17.0. The van der Waals surface area contributed by atoms with Crippen LogP contribution in [0.3, 0.4) is 0 Å². The average molecular weight is 284 g/mol. The van der Waals surface area contributed by atoms with Gasteiger partial charge in [0.25, 0.3) is 0 Å². The van der Waals surface area contributed by atoms with Gasteiger partial charge in [-0.15, -0.1) is 0 Å². The highest BCUT2D eigenvalue weighted by Gasteiger charge is 2.35. The van der Waals surface area contributed by atoms with Gasteiger partial charge >= 0.3 is 5.97 Å². The van der Waals surface area contributed by atoms with E-state index in [4.69, 9.17) is 0 Å². The third-order valence-electron chi connectivity index (χ3n) is 4.81. The average Bonchev–Trinajstić information content (AvgIpc) is 2.45. The van der Waals surface area contributed by atoms with Crippen LogP contribution in [-0.2, 0) is 9.59 Å². The summed E-state index contributed by atoms with van der Waals surface area (Å²) in [6.07, 6.45) is 6.49. The van der Waals surface area contributed by atoms with Gasteiger partial charge in [-0.3, -0.25) is 9.59 Å². The van der Waals surface area contributed by atoms with E-state index in [2.05, 4.69) is 10.6 Å². The molecule has 0 saturated heterocycles. The molecule has 20 heavy (non-hydrogen) atoms. The van der Waals surface area contributed by atoms with Gasteiger partial charge in [0.2, 0.25) is 5.91 Å². The van der Waals surface area contributed by atoms with Crippen molar-refractivity contribution in [3.8, 4) is 0 Å². The zero-order valence-corrected chi connectivity index (χ0v) is 12.9. The minimum atomic E-state index is -0.880. The predicted molar refractivity (Wildman–Crippen MR) is 78.5 cm³/mol. The number of carbonyl (C=O) groups is 2. The molecule has 1 aliphatic rings. The molecule has 3 N–H and O–H groups in total. The topological polar surface area (TPSA) is 78.4 Å². The van der Waals surface area contributed by atoms with E-state index in [1.54, 1.807) is 6.92 Å². The molecule has 5 nitrogen and oxygen atoms in total. The first-order chi connectivity index (χ1) is 9.37. The highest BCUT2D eigenvalue weighted by molar-refractivity contribution is 5.79. The van der Waals surface area contributed by atoms with Crippen molar-refractivity contribution in [3.63, 3.8) is 0 Å². The highest BCUT2D eigenvalue weighted by Crippen LogP contribution is 2.30. The molecule has 0 heterocycles. The second-order valence-corrected chi connectivity index (χ2v) is 6.26. The van der Waals surface area contributed by atoms with Crippen LogP contribution in [-0.4, -0.2) is 36.1 Å². The number of hydrogen-bond acceptors (Lipinski definition) is 3. The number of carboxylic acids is 1. The minimum Gasteiger partial charge on any atom is -0.481 e. The molecule has 116 valence electrons. The van der Waals surface area contributed by atoms with Crippen LogP contribution in [0.2, 0.25) is 0 Å². The largest absolute Gasteiger partial charge is 0.481 e. The maximum atomic E-state index is 12.1. The lowest BCUT2D eigenvalue weighted by Crippen LogP contribution is -2.49. The Bertz CT molecular complexity index is 351. The molecule has 1 saturated carbocycles. The van der Waals surface area contributed by atoms with E-state index in [-0.39, 0.29) is 18.0 Å². The molecule has 1 aliphatic carbocycles. The van der Waals surface area contributed by atoms with Crippen LogP contribution in [0.25, 0.3) is 0 Å². The van der Waals surface area contributed by atoms with Gasteiger partial charge in [-0.2, -0.15) is 0 Å². The van der Waals surface area contributed by atoms with Crippen molar-refractivity contribution >= 4 is 11.9 Å². The van der Waals surface area contributed by atoms with Gasteiger partial charge in [0.1, 0.15) is 0 Å². The van der Waals surface area contributed by atoms with Gasteiger partial charge in [-0.25, -0.2) is 0 Å². The van der Waals surface area contributed by atoms with Crippen LogP contribution >= 0.6 is 0 Å². The summed E-state index contributed by atoms with van der Waals surface area (Å²) < 4.78 is 0. The minimum absolute atomic E-state index is 0.0535. The summed E-state index contributed by atoms with van der Waals surface area (Å²) in [5.41, 5.74) is -0.983. The molecule has 0 aromatic carbocycles. The summed E-state index contributed by atoms with van der Waals surface area (Å²) in [5, 5.41) is 15.3. The molecule has 0 aromatic rings. The summed E-state index contributed by atoms with van der Waals surface area (Å²) in [7, 11) is 1.91. The third kappa shape index (κ3) is 4.20. The molecular formula is C15H28N2O3. The summed E-state index contributed by atoms with van der Waals surface area (Å²) in [4.78, 5) is 23.3. The van der Waals surface area contributed by atoms with Gasteiger partial charge in [-0.05, 0) is 33.2 Å². The van der Waals surface area contributed by atoms with Crippen molar-refractivity contribution in [1.82, 2.24) is 10.6 Å². The fraction of sp³-hybridized carbons (Fsp3) is 0.867. The van der Waals surface area contributed by atoms with Crippen molar-refractivity contribution in [3.05, 3.63) is 0 Å². The zero-order valence-electron chi connectivity index (χ0n) is 12.9. The Balaban J connectivity index is 2.52. The van der Waals surface area contributed by atoms with E-state index in [0.29, 0.717) is 12.8 Å². The van der Waals surface area contributed by atoms with Gasteiger partial charge in [-0.1, -0.05) is 26.2 Å². The Labute approximate surface area is 121 Å². The Morgan fingerprint density at radius 2 is 1.85 bits per heavy atom. The van der Waals surface area contributed by atoms with Crippen molar-refractivity contribution in [2.45, 2.75) is 64.3 Å². The van der Waals surface area contributed by atoms with Crippen molar-refractivity contribution in [2.75, 3.05) is 13.6 Å². The van der Waals surface area contributed by atoms with Crippen LogP contribution in [0.4, 0.5) is 0 Å². The van der Waals surface area contributed by atoms with E-state index < -0.39 is 11.4 Å². The van der Waals surface area contributed by atoms with Crippen LogP contribution in [0, 0.1) is 5.41 Å². The number of carboxylic acid groups (broad SMARTS) is 1. The second kappa shape index (κ2) is 7.07. The molecule has 0 radical (unpaired) electrons. The molecule has 1 fully saturated rings. The van der Waals surface area contributed by atoms with Crippen molar-refractivity contribution < 1.29 is 14.7 Å². The van der Waals surface area contributed by atoms with Crippen molar-refractivity contribution in [1.29, 1.82) is 0 Å². The molecular weight excluding hydrogens is 256 g/mol. The summed E-state index contributed by atoms with van der Waals surface area (Å²) >= 11 is 0. The molecule has 1 atom stereocenters. The van der Waals surface area contributed by atoms with Crippen LogP contribution < -0.4 is 10.6 Å². The molecule has 1 unspecified atom stereocenters. The smallest absolute Gasteiger partial charge is 0.311 e. The fourth-order valence-electron chi connectivity index (χ4n) is 2.76. The van der Waals surface area contributed by atoms with E-state index in [1.807, 2.05) is 14.0 Å². The number of aliphatic carboxylic acids is 1. The summed E-state index contributed by atoms with van der Waals surface area (Å²) in [6.45, 7) is 3.69. The molecule has 1 amide bonds. The molecule has 0 spiro atoms. The number of amides is 1. The number of rotatable bonds is 7. The SMILES string of the molecule is CCC(C)(CNC(=O)CC1(NC)CCCCC1)C(=O)O. The maximum absolute atomic E-state index is 12.1. The Kier molecular flexibility index (Phi) is 5.99. The highest BCUT2D eigenvalue weighted by atomic mass is 16.4. The Morgan fingerprint density at radius 1 is 1.25 bits per heavy atom. The lowest BCUT2D eigenvalue weighted by Gasteiger charge is -2.37. The number of hydrogen-bond donors (Lipinski definition) is 3. The van der Waals surface area contributed by atoms with Crippen LogP contribution in [0.5, 0.6) is 0 Å². The third-order valence-corrected chi connectivity index (χ3v) is 4.81. The summed E-state index contributed by atoms with van der Waals surface area (Å²) in [5.74, 6) is -0.913. The predicted octanol–water partition coefficient (Wildman–Crippen LogP) is 1.92. The van der Waals surface area contributed by atoms with Gasteiger partial charge in [0, 0.05) is 18.5 Å². The first-order valence-electron chi connectivity index (χ1n) is 7.56. The standard InChI is InChI=1S/C15H28N2O3/c1-4-14(2,13(19)20)11-17-12(18)10-15(16-3)8-6-5-7-9-15/h16H,4-11H2,1-3H3,(H,17,18)(H,19,20). The van der Waals surface area contributed by atoms with E-state index in [1.165, 1.54) is 6.42 Å². The molecule has 0 bridgehead atoms. The number of nitrogens with one attached hydrogen (secondary N) is 2. The Morgan fingerprint density at radius 3 is 2.30 bits per heavy atom. The zero-order chi connectivity index (χ0) is 15.2. The molecule has 1 rings (SSSR count). The molecule has 0 aromatic heterocycles. The fourth-order valence-corrected chi connectivity index (χ4v) is 2.76. The van der Waals surface area contributed by atoms with Gasteiger partial charge < -0.3 is 15.7 Å². The quantitative estimate of drug-likeness (QED) is 0.667. The molecule has 0 aliphatic heterocycles. The van der Waals surface area contributed by atoms with Gasteiger partial charge in [0.05, 0.1) is 5.41 Å². The van der Waals surface area contributed by atoms with Crippen LogP contribution in [0.1, 0.15) is 58.8 Å². The van der Waals surface area contributed by atoms with Crippen molar-refractivity contribution in [2.24, 2.45) is 5.41 Å². The van der Waals surface area contributed by atoms with E-state index in [0.717, 1.165) is 25.7 Å². The first-order valence-corrected chi connectivity index (χ1v) is 7.56. The lowest BCUT2D eigenvalue weighted by atomic mass is 9.79. The maximum Gasteiger partial charge on any atom is 0.311 e.